The molecule has 0 amide bonds. The van der Waals surface area contributed by atoms with Crippen molar-refractivity contribution in [1.29, 1.82) is 0 Å². The van der Waals surface area contributed by atoms with Crippen LogP contribution in [0.25, 0.3) is 22.0 Å². The van der Waals surface area contributed by atoms with E-state index in [-0.39, 0.29) is 6.10 Å². The summed E-state index contributed by atoms with van der Waals surface area (Å²) in [6.07, 6.45) is 5.76. The number of rotatable bonds is 4. The van der Waals surface area contributed by atoms with Gasteiger partial charge in [0, 0.05) is 35.0 Å². The van der Waals surface area contributed by atoms with Crippen LogP contribution in [0.2, 0.25) is 5.02 Å². The van der Waals surface area contributed by atoms with Gasteiger partial charge in [-0.1, -0.05) is 23.7 Å². The van der Waals surface area contributed by atoms with Gasteiger partial charge in [-0.2, -0.15) is 0 Å². The van der Waals surface area contributed by atoms with Gasteiger partial charge in [-0.3, -0.25) is 4.98 Å². The van der Waals surface area contributed by atoms with E-state index in [9.17, 15) is 0 Å². The van der Waals surface area contributed by atoms with Crippen molar-refractivity contribution in [2.75, 3.05) is 13.2 Å². The van der Waals surface area contributed by atoms with Crippen molar-refractivity contribution in [3.8, 4) is 17.1 Å². The van der Waals surface area contributed by atoms with Gasteiger partial charge >= 0.3 is 0 Å². The minimum Gasteiger partial charge on any atom is -0.473 e. The molecule has 0 N–H and O–H groups in total. The van der Waals surface area contributed by atoms with Crippen LogP contribution >= 0.6 is 11.6 Å². The first-order valence-electron chi connectivity index (χ1n) is 7.92. The molecule has 24 heavy (non-hydrogen) atoms. The summed E-state index contributed by atoms with van der Waals surface area (Å²) < 4.78 is 11.5. The third-order valence-electron chi connectivity index (χ3n) is 4.10. The molecule has 0 aliphatic carbocycles. The van der Waals surface area contributed by atoms with E-state index < -0.39 is 0 Å². The average Bonchev–Trinajstić information content (AvgIpc) is 3.14. The number of nitrogens with zero attached hydrogens (tertiary/aromatic N) is 3. The number of halogens is 1. The second-order valence-electron chi connectivity index (χ2n) is 5.73. The van der Waals surface area contributed by atoms with Gasteiger partial charge in [0.1, 0.15) is 12.3 Å². The van der Waals surface area contributed by atoms with E-state index in [1.54, 1.807) is 12.4 Å². The highest BCUT2D eigenvalue weighted by Crippen LogP contribution is 2.31. The monoisotopic (exact) mass is 341 g/mol. The third-order valence-corrected chi connectivity index (χ3v) is 4.35. The van der Waals surface area contributed by atoms with Gasteiger partial charge in [0.25, 0.3) is 0 Å². The van der Waals surface area contributed by atoms with Gasteiger partial charge < -0.3 is 9.47 Å². The first-order valence-corrected chi connectivity index (χ1v) is 8.30. The molecule has 6 heteroatoms. The fraction of sp³-hybridized carbons (Fsp3) is 0.278. The SMILES string of the molecule is Clc1ccc(-c2nnc(OC[C@H]3CCCO3)c3ccncc23)cc1. The lowest BCUT2D eigenvalue weighted by Gasteiger charge is -2.13. The lowest BCUT2D eigenvalue weighted by atomic mass is 10.1. The summed E-state index contributed by atoms with van der Waals surface area (Å²) in [5, 5.41) is 11.1. The smallest absolute Gasteiger partial charge is 0.241 e. The predicted molar refractivity (Wildman–Crippen MR) is 92.2 cm³/mol. The molecule has 1 aromatic carbocycles. The van der Waals surface area contributed by atoms with Crippen molar-refractivity contribution in [2.45, 2.75) is 18.9 Å². The minimum absolute atomic E-state index is 0.139. The fourth-order valence-electron chi connectivity index (χ4n) is 2.85. The highest BCUT2D eigenvalue weighted by Gasteiger charge is 2.18. The summed E-state index contributed by atoms with van der Waals surface area (Å²) in [5.41, 5.74) is 1.70. The van der Waals surface area contributed by atoms with E-state index in [0.717, 1.165) is 41.5 Å². The van der Waals surface area contributed by atoms with E-state index in [1.165, 1.54) is 0 Å². The maximum atomic E-state index is 5.97. The molecular weight excluding hydrogens is 326 g/mol. The lowest BCUT2D eigenvalue weighted by Crippen LogP contribution is -2.17. The zero-order valence-electron chi connectivity index (χ0n) is 13.0. The number of hydrogen-bond donors (Lipinski definition) is 0. The molecule has 1 aliphatic rings. The fourth-order valence-corrected chi connectivity index (χ4v) is 2.97. The Bertz CT molecular complexity index is 849. The molecule has 5 nitrogen and oxygen atoms in total. The molecule has 3 heterocycles. The second kappa shape index (κ2) is 6.71. The maximum Gasteiger partial charge on any atom is 0.241 e. The molecule has 3 aromatic rings. The van der Waals surface area contributed by atoms with Gasteiger partial charge in [-0.25, -0.2) is 0 Å². The number of hydrogen-bond acceptors (Lipinski definition) is 5. The maximum absolute atomic E-state index is 5.97. The highest BCUT2D eigenvalue weighted by molar-refractivity contribution is 6.30. The quantitative estimate of drug-likeness (QED) is 0.720. The zero-order chi connectivity index (χ0) is 16.4. The topological polar surface area (TPSA) is 57.1 Å². The van der Waals surface area contributed by atoms with Crippen LogP contribution in [0, 0.1) is 0 Å². The van der Waals surface area contributed by atoms with Crippen molar-refractivity contribution >= 4 is 22.4 Å². The van der Waals surface area contributed by atoms with Crippen molar-refractivity contribution < 1.29 is 9.47 Å². The van der Waals surface area contributed by atoms with Crippen LogP contribution in [0.5, 0.6) is 5.88 Å². The van der Waals surface area contributed by atoms with Crippen molar-refractivity contribution in [3.05, 3.63) is 47.7 Å². The van der Waals surface area contributed by atoms with Crippen molar-refractivity contribution in [3.63, 3.8) is 0 Å². The predicted octanol–water partition coefficient (Wildman–Crippen LogP) is 3.90. The molecule has 122 valence electrons. The highest BCUT2D eigenvalue weighted by atomic mass is 35.5. The van der Waals surface area contributed by atoms with E-state index >= 15 is 0 Å². The molecule has 1 fully saturated rings. The van der Waals surface area contributed by atoms with Crippen molar-refractivity contribution in [2.24, 2.45) is 0 Å². The molecule has 0 bridgehead atoms. The Labute approximate surface area is 144 Å². The summed E-state index contributed by atoms with van der Waals surface area (Å²) in [4.78, 5) is 4.22. The summed E-state index contributed by atoms with van der Waals surface area (Å²) in [6, 6.07) is 9.41. The van der Waals surface area contributed by atoms with Crippen LogP contribution < -0.4 is 4.74 Å². The molecule has 0 saturated carbocycles. The normalized spacial score (nSPS) is 17.3. The summed E-state index contributed by atoms with van der Waals surface area (Å²) in [5.74, 6) is 0.514. The Balaban J connectivity index is 1.70. The number of aromatic nitrogens is 3. The van der Waals surface area contributed by atoms with Crippen LogP contribution in [0.3, 0.4) is 0 Å². The van der Waals surface area contributed by atoms with Gasteiger partial charge in [0.2, 0.25) is 5.88 Å². The van der Waals surface area contributed by atoms with Crippen LogP contribution in [-0.2, 0) is 4.74 Å². The van der Waals surface area contributed by atoms with E-state index in [2.05, 4.69) is 15.2 Å². The average molecular weight is 342 g/mol. The molecule has 1 saturated heterocycles. The van der Waals surface area contributed by atoms with Crippen LogP contribution in [0.4, 0.5) is 0 Å². The molecule has 0 radical (unpaired) electrons. The summed E-state index contributed by atoms with van der Waals surface area (Å²) in [7, 11) is 0. The molecule has 0 spiro atoms. The van der Waals surface area contributed by atoms with Gasteiger partial charge in [-0.15, -0.1) is 10.2 Å². The third kappa shape index (κ3) is 3.05. The first-order chi connectivity index (χ1) is 11.8. The van der Waals surface area contributed by atoms with E-state index in [0.29, 0.717) is 17.5 Å². The Morgan fingerprint density at radius 3 is 2.79 bits per heavy atom. The largest absolute Gasteiger partial charge is 0.473 e. The zero-order valence-corrected chi connectivity index (χ0v) is 13.7. The number of pyridine rings is 1. The number of ether oxygens (including phenoxy) is 2. The molecule has 0 unspecified atom stereocenters. The molecule has 2 aromatic heterocycles. The lowest BCUT2D eigenvalue weighted by molar-refractivity contribution is 0.0666. The van der Waals surface area contributed by atoms with Crippen molar-refractivity contribution in [1.82, 2.24) is 15.2 Å². The van der Waals surface area contributed by atoms with Crippen LogP contribution in [-0.4, -0.2) is 34.5 Å². The summed E-state index contributed by atoms with van der Waals surface area (Å²) >= 11 is 5.97. The Hall–Kier alpha value is -2.24. The van der Waals surface area contributed by atoms with Gasteiger partial charge in [0.15, 0.2) is 0 Å². The standard InChI is InChI=1S/C18H16ClN3O2/c19-13-5-3-12(4-6-13)17-16-10-20-8-7-15(16)18(22-21-17)24-11-14-2-1-9-23-14/h3-8,10,14H,1-2,9,11H2/t14-/m1/s1. The molecule has 4 rings (SSSR count). The van der Waals surface area contributed by atoms with Gasteiger partial charge in [0.05, 0.1) is 11.5 Å². The van der Waals surface area contributed by atoms with E-state index in [1.807, 2.05) is 30.3 Å². The number of fused-ring (bicyclic) bond motifs is 1. The second-order valence-corrected chi connectivity index (χ2v) is 6.16. The summed E-state index contributed by atoms with van der Waals surface area (Å²) in [6.45, 7) is 1.30. The Kier molecular flexibility index (Phi) is 4.28. The van der Waals surface area contributed by atoms with Crippen LogP contribution in [0.1, 0.15) is 12.8 Å². The van der Waals surface area contributed by atoms with Gasteiger partial charge in [-0.05, 0) is 31.0 Å². The Morgan fingerprint density at radius 2 is 2.00 bits per heavy atom. The first kappa shape index (κ1) is 15.3. The molecular formula is C18H16ClN3O2. The van der Waals surface area contributed by atoms with E-state index in [4.69, 9.17) is 21.1 Å². The minimum atomic E-state index is 0.139. The van der Waals surface area contributed by atoms with Crippen LogP contribution in [0.15, 0.2) is 42.7 Å². The number of benzene rings is 1. The molecule has 1 aliphatic heterocycles. The Morgan fingerprint density at radius 1 is 1.12 bits per heavy atom. The molecule has 1 atom stereocenters.